The van der Waals surface area contributed by atoms with Gasteiger partial charge in [-0.25, -0.2) is 0 Å². The van der Waals surface area contributed by atoms with E-state index in [1.54, 1.807) is 0 Å². The van der Waals surface area contributed by atoms with Crippen LogP contribution in [0.4, 0.5) is 0 Å². The van der Waals surface area contributed by atoms with Crippen molar-refractivity contribution in [3.8, 4) is 0 Å². The molecule has 1 heterocycles. The maximum atomic E-state index is 11.4. The predicted molar refractivity (Wildman–Crippen MR) is 50.6 cm³/mol. The highest BCUT2D eigenvalue weighted by Gasteiger charge is 2.20. The van der Waals surface area contributed by atoms with Gasteiger partial charge in [-0.2, -0.15) is 0 Å². The van der Waals surface area contributed by atoms with Crippen LogP contribution in [0.15, 0.2) is 5.11 Å². The second kappa shape index (κ2) is 6.23. The van der Waals surface area contributed by atoms with E-state index in [4.69, 9.17) is 10.3 Å². The number of hydrogen-bond donors (Lipinski definition) is 1. The first-order chi connectivity index (χ1) is 6.84. The summed E-state index contributed by atoms with van der Waals surface area (Å²) in [7, 11) is 0. The van der Waals surface area contributed by atoms with E-state index in [0.29, 0.717) is 13.2 Å². The van der Waals surface area contributed by atoms with Gasteiger partial charge in [0.2, 0.25) is 5.91 Å². The Hall–Kier alpha value is -1.26. The monoisotopic (exact) mass is 198 g/mol. The van der Waals surface area contributed by atoms with Crippen molar-refractivity contribution < 1.29 is 9.53 Å². The molecule has 0 aromatic heterocycles. The number of amides is 1. The molecule has 1 N–H and O–H groups in total. The molecule has 0 aromatic rings. The quantitative estimate of drug-likeness (QED) is 0.316. The van der Waals surface area contributed by atoms with E-state index in [-0.39, 0.29) is 18.6 Å². The lowest BCUT2D eigenvalue weighted by Crippen LogP contribution is -2.39. The summed E-state index contributed by atoms with van der Waals surface area (Å²) in [6, 6.07) is 0. The highest BCUT2D eigenvalue weighted by atomic mass is 16.5. The van der Waals surface area contributed by atoms with Gasteiger partial charge < -0.3 is 10.1 Å². The molecule has 1 fully saturated rings. The van der Waals surface area contributed by atoms with E-state index in [0.717, 1.165) is 19.3 Å². The van der Waals surface area contributed by atoms with Crippen LogP contribution in [0.1, 0.15) is 19.3 Å². The summed E-state index contributed by atoms with van der Waals surface area (Å²) < 4.78 is 5.28. The van der Waals surface area contributed by atoms with Crippen LogP contribution >= 0.6 is 0 Å². The summed E-state index contributed by atoms with van der Waals surface area (Å²) in [6.07, 6.45) is 2.54. The fourth-order valence-corrected chi connectivity index (χ4v) is 1.34. The molecule has 6 heteroatoms. The minimum Gasteiger partial charge on any atom is -0.368 e. The Morgan fingerprint density at radius 3 is 3.14 bits per heavy atom. The Kier molecular flexibility index (Phi) is 4.82. The molecule has 14 heavy (non-hydrogen) atoms. The molecular formula is C8H14N4O2. The summed E-state index contributed by atoms with van der Waals surface area (Å²) in [5.41, 5.74) is 8.00. The van der Waals surface area contributed by atoms with Crippen molar-refractivity contribution in [2.45, 2.75) is 25.4 Å². The minimum absolute atomic E-state index is 0.0992. The third-order valence-corrected chi connectivity index (χ3v) is 2.05. The van der Waals surface area contributed by atoms with Crippen molar-refractivity contribution in [1.29, 1.82) is 0 Å². The van der Waals surface area contributed by atoms with Crippen LogP contribution in [0.25, 0.3) is 10.4 Å². The summed E-state index contributed by atoms with van der Waals surface area (Å²) in [5.74, 6) is -0.0992. The number of nitrogens with one attached hydrogen (secondary N) is 1. The number of ether oxygens (including phenoxy) is 1. The fourth-order valence-electron chi connectivity index (χ4n) is 1.34. The van der Waals surface area contributed by atoms with Crippen molar-refractivity contribution >= 4 is 5.91 Å². The van der Waals surface area contributed by atoms with Crippen LogP contribution in [-0.4, -0.2) is 31.7 Å². The van der Waals surface area contributed by atoms with Crippen LogP contribution in [0, 0.1) is 0 Å². The topological polar surface area (TPSA) is 87.1 Å². The van der Waals surface area contributed by atoms with Crippen LogP contribution in [-0.2, 0) is 9.53 Å². The van der Waals surface area contributed by atoms with E-state index in [1.807, 2.05) is 0 Å². The summed E-state index contributed by atoms with van der Waals surface area (Å²) >= 11 is 0. The molecule has 0 aliphatic carbocycles. The Bertz CT molecular complexity index is 231. The largest absolute Gasteiger partial charge is 0.368 e. The summed E-state index contributed by atoms with van der Waals surface area (Å²) in [4.78, 5) is 14.0. The fraction of sp³-hybridized carbons (Fsp3) is 0.875. The molecule has 78 valence electrons. The van der Waals surface area contributed by atoms with E-state index in [1.165, 1.54) is 0 Å². The van der Waals surface area contributed by atoms with E-state index < -0.39 is 0 Å². The minimum atomic E-state index is -0.310. The molecule has 0 radical (unpaired) electrons. The third kappa shape index (κ3) is 3.64. The zero-order valence-corrected chi connectivity index (χ0v) is 7.98. The second-order valence-corrected chi connectivity index (χ2v) is 3.10. The van der Waals surface area contributed by atoms with Gasteiger partial charge in [-0.3, -0.25) is 4.79 Å². The van der Waals surface area contributed by atoms with E-state index in [2.05, 4.69) is 15.3 Å². The molecule has 0 saturated carbocycles. The maximum Gasteiger partial charge on any atom is 0.249 e. The number of hydrogen-bond acceptors (Lipinski definition) is 3. The van der Waals surface area contributed by atoms with Crippen LogP contribution in [0.5, 0.6) is 0 Å². The highest BCUT2D eigenvalue weighted by Crippen LogP contribution is 2.12. The zero-order valence-electron chi connectivity index (χ0n) is 7.98. The lowest BCUT2D eigenvalue weighted by Gasteiger charge is -2.21. The van der Waals surface area contributed by atoms with Crippen molar-refractivity contribution in [1.82, 2.24) is 5.32 Å². The normalized spacial score (nSPS) is 21.0. The van der Waals surface area contributed by atoms with Crippen LogP contribution < -0.4 is 5.32 Å². The van der Waals surface area contributed by atoms with Crippen molar-refractivity contribution in [2.24, 2.45) is 5.11 Å². The smallest absolute Gasteiger partial charge is 0.249 e. The van der Waals surface area contributed by atoms with Gasteiger partial charge in [0, 0.05) is 24.6 Å². The molecule has 1 amide bonds. The van der Waals surface area contributed by atoms with Gasteiger partial charge in [0.05, 0.1) is 0 Å². The lowest BCUT2D eigenvalue weighted by atomic mass is 10.1. The van der Waals surface area contributed by atoms with Crippen molar-refractivity contribution in [2.75, 3.05) is 19.7 Å². The van der Waals surface area contributed by atoms with Crippen LogP contribution in [0.2, 0.25) is 0 Å². The maximum absolute atomic E-state index is 11.4. The van der Waals surface area contributed by atoms with Crippen molar-refractivity contribution in [3.63, 3.8) is 0 Å². The molecule has 1 saturated heterocycles. The number of rotatable bonds is 4. The molecule has 0 bridgehead atoms. The van der Waals surface area contributed by atoms with Crippen molar-refractivity contribution in [3.05, 3.63) is 10.4 Å². The van der Waals surface area contributed by atoms with Gasteiger partial charge in [0.1, 0.15) is 6.10 Å². The van der Waals surface area contributed by atoms with Gasteiger partial charge in [-0.1, -0.05) is 5.11 Å². The summed E-state index contributed by atoms with van der Waals surface area (Å²) in [5, 5.41) is 5.97. The second-order valence-electron chi connectivity index (χ2n) is 3.10. The molecule has 1 aliphatic rings. The number of carbonyl (C=O) groups is 1. The van der Waals surface area contributed by atoms with Gasteiger partial charge >= 0.3 is 0 Å². The van der Waals surface area contributed by atoms with E-state index in [9.17, 15) is 4.79 Å². The molecule has 1 atom stereocenters. The Morgan fingerprint density at radius 2 is 2.50 bits per heavy atom. The molecule has 1 unspecified atom stereocenters. The molecule has 1 rings (SSSR count). The van der Waals surface area contributed by atoms with Gasteiger partial charge in [0.25, 0.3) is 0 Å². The van der Waals surface area contributed by atoms with Gasteiger partial charge in [0.15, 0.2) is 0 Å². The first kappa shape index (κ1) is 10.8. The average molecular weight is 198 g/mol. The first-order valence-corrected chi connectivity index (χ1v) is 4.75. The highest BCUT2D eigenvalue weighted by molar-refractivity contribution is 5.80. The molecule has 0 spiro atoms. The zero-order chi connectivity index (χ0) is 10.2. The molecular weight excluding hydrogens is 184 g/mol. The Labute approximate surface area is 82.2 Å². The molecule has 1 aliphatic heterocycles. The third-order valence-electron chi connectivity index (χ3n) is 2.05. The Morgan fingerprint density at radius 1 is 1.64 bits per heavy atom. The standard InChI is InChI=1S/C8H14N4O2/c9-12-11-5-4-10-8(13)7-3-1-2-6-14-7/h7H,1-6H2,(H,10,13). The number of nitrogens with zero attached hydrogens (tertiary/aromatic N) is 3. The van der Waals surface area contributed by atoms with Gasteiger partial charge in [-0.15, -0.1) is 0 Å². The Balaban J connectivity index is 2.16. The first-order valence-electron chi connectivity index (χ1n) is 4.75. The number of azide groups is 1. The van der Waals surface area contributed by atoms with E-state index >= 15 is 0 Å². The summed E-state index contributed by atoms with van der Waals surface area (Å²) in [6.45, 7) is 1.33. The number of carbonyl (C=O) groups excluding carboxylic acids is 1. The molecule has 0 aromatic carbocycles. The van der Waals surface area contributed by atoms with Crippen LogP contribution in [0.3, 0.4) is 0 Å². The van der Waals surface area contributed by atoms with Gasteiger partial charge in [-0.05, 0) is 24.8 Å². The SMILES string of the molecule is [N-]=[N+]=NCCNC(=O)C1CCCCO1. The predicted octanol–water partition coefficient (Wildman–Crippen LogP) is 0.982. The average Bonchev–Trinajstić information content (AvgIpc) is 2.25. The lowest BCUT2D eigenvalue weighted by molar-refractivity contribution is -0.135. The molecule has 6 nitrogen and oxygen atoms in total.